The van der Waals surface area contributed by atoms with Crippen molar-refractivity contribution in [2.75, 3.05) is 20.1 Å². The van der Waals surface area contributed by atoms with E-state index >= 15 is 0 Å². The first kappa shape index (κ1) is 19.1. The minimum absolute atomic E-state index is 0.0156. The minimum atomic E-state index is -3.46. The van der Waals surface area contributed by atoms with Gasteiger partial charge in [-0.25, -0.2) is 0 Å². The van der Waals surface area contributed by atoms with Crippen LogP contribution in [0.25, 0.3) is 0 Å². The molecule has 0 bridgehead atoms. The van der Waals surface area contributed by atoms with Gasteiger partial charge in [0.1, 0.15) is 0 Å². The summed E-state index contributed by atoms with van der Waals surface area (Å²) >= 11 is 0. The zero-order chi connectivity index (χ0) is 16.8. The number of benzene rings is 1. The summed E-state index contributed by atoms with van der Waals surface area (Å²) in [6, 6.07) is 9.65. The molecule has 0 aromatic heterocycles. The average Bonchev–Trinajstić information content (AvgIpc) is 2.50. The number of hydrogen-bond donors (Lipinski definition) is 1. The average molecular weight is 327 g/mol. The first-order chi connectivity index (χ1) is 10.3. The Morgan fingerprint density at radius 2 is 1.77 bits per heavy atom. The summed E-state index contributed by atoms with van der Waals surface area (Å²) in [6.07, 6.45) is 0.663. The molecule has 0 heterocycles. The molecule has 1 aromatic rings. The van der Waals surface area contributed by atoms with Crippen LogP contribution in [-0.2, 0) is 16.8 Å². The minimum Gasteiger partial charge on any atom is -0.327 e. The van der Waals surface area contributed by atoms with E-state index in [2.05, 4.69) is 0 Å². The maximum absolute atomic E-state index is 12.7. The Labute approximate surface area is 135 Å². The van der Waals surface area contributed by atoms with Crippen molar-refractivity contribution in [1.82, 2.24) is 8.61 Å². The van der Waals surface area contributed by atoms with Crippen LogP contribution in [0, 0.1) is 5.92 Å². The van der Waals surface area contributed by atoms with E-state index in [9.17, 15) is 8.42 Å². The Morgan fingerprint density at radius 1 is 1.18 bits per heavy atom. The molecule has 0 amide bonds. The second-order valence-corrected chi connectivity index (χ2v) is 7.97. The monoisotopic (exact) mass is 327 g/mol. The van der Waals surface area contributed by atoms with Crippen molar-refractivity contribution in [3.8, 4) is 0 Å². The molecule has 126 valence electrons. The van der Waals surface area contributed by atoms with E-state index in [1.165, 1.54) is 8.61 Å². The second kappa shape index (κ2) is 8.62. The molecule has 0 saturated carbocycles. The predicted octanol–water partition coefficient (Wildman–Crippen LogP) is 2.06. The van der Waals surface area contributed by atoms with E-state index < -0.39 is 10.2 Å². The largest absolute Gasteiger partial charge is 0.327 e. The number of nitrogens with two attached hydrogens (primary N) is 1. The highest BCUT2D eigenvalue weighted by molar-refractivity contribution is 7.86. The lowest BCUT2D eigenvalue weighted by molar-refractivity contribution is 0.346. The van der Waals surface area contributed by atoms with Crippen LogP contribution in [0.5, 0.6) is 0 Å². The van der Waals surface area contributed by atoms with E-state index in [4.69, 9.17) is 5.73 Å². The number of nitrogens with zero attached hydrogens (tertiary/aromatic N) is 2. The molecule has 1 atom stereocenters. The van der Waals surface area contributed by atoms with Crippen LogP contribution in [0.2, 0.25) is 0 Å². The third-order valence-corrected chi connectivity index (χ3v) is 5.92. The fraction of sp³-hybridized carbons (Fsp3) is 0.625. The molecule has 2 N–H and O–H groups in total. The third kappa shape index (κ3) is 5.35. The lowest BCUT2D eigenvalue weighted by Gasteiger charge is -2.28. The van der Waals surface area contributed by atoms with Gasteiger partial charge in [-0.15, -0.1) is 0 Å². The van der Waals surface area contributed by atoms with Crippen molar-refractivity contribution in [1.29, 1.82) is 0 Å². The molecule has 1 rings (SSSR count). The van der Waals surface area contributed by atoms with Crippen molar-refractivity contribution in [2.45, 2.75) is 39.8 Å². The fourth-order valence-electron chi connectivity index (χ4n) is 2.12. The van der Waals surface area contributed by atoms with Gasteiger partial charge < -0.3 is 5.73 Å². The quantitative estimate of drug-likeness (QED) is 0.755. The summed E-state index contributed by atoms with van der Waals surface area (Å²) in [5.41, 5.74) is 6.99. The standard InChI is InChI=1S/C16H29N3O2S/c1-5-19(13-15-9-7-6-8-10-15)22(20,21)18(4)12-11-16(17)14(2)3/h6-10,14,16H,5,11-13,17H2,1-4H3. The van der Waals surface area contributed by atoms with E-state index in [0.717, 1.165) is 5.56 Å². The zero-order valence-electron chi connectivity index (χ0n) is 14.1. The van der Waals surface area contributed by atoms with E-state index in [-0.39, 0.29) is 6.04 Å². The molecule has 0 aliphatic carbocycles. The van der Waals surface area contributed by atoms with Gasteiger partial charge in [0.2, 0.25) is 0 Å². The van der Waals surface area contributed by atoms with Gasteiger partial charge in [0.25, 0.3) is 10.2 Å². The van der Waals surface area contributed by atoms with Gasteiger partial charge in [-0.05, 0) is 17.9 Å². The highest BCUT2D eigenvalue weighted by atomic mass is 32.2. The molecule has 1 aromatic carbocycles. The Kier molecular flexibility index (Phi) is 7.48. The third-order valence-electron chi connectivity index (χ3n) is 3.91. The fourth-order valence-corrected chi connectivity index (χ4v) is 3.49. The topological polar surface area (TPSA) is 66.6 Å². The lowest BCUT2D eigenvalue weighted by atomic mass is 10.0. The molecule has 0 spiro atoms. The summed E-state index contributed by atoms with van der Waals surface area (Å²) in [7, 11) is -1.84. The second-order valence-electron chi connectivity index (χ2n) is 5.94. The zero-order valence-corrected chi connectivity index (χ0v) is 14.9. The van der Waals surface area contributed by atoms with Gasteiger partial charge in [0.05, 0.1) is 0 Å². The van der Waals surface area contributed by atoms with Gasteiger partial charge in [-0.2, -0.15) is 17.0 Å². The summed E-state index contributed by atoms with van der Waals surface area (Å²) in [5.74, 6) is 0.350. The van der Waals surface area contributed by atoms with Crippen molar-refractivity contribution in [3.63, 3.8) is 0 Å². The summed E-state index contributed by atoms with van der Waals surface area (Å²) in [4.78, 5) is 0. The molecule has 0 aliphatic rings. The van der Waals surface area contributed by atoms with Crippen LogP contribution in [-0.4, -0.2) is 43.2 Å². The van der Waals surface area contributed by atoms with Gasteiger partial charge in [0, 0.05) is 32.7 Å². The smallest absolute Gasteiger partial charge is 0.282 e. The first-order valence-electron chi connectivity index (χ1n) is 7.80. The van der Waals surface area contributed by atoms with Crippen molar-refractivity contribution in [2.24, 2.45) is 11.7 Å². The highest BCUT2D eigenvalue weighted by Crippen LogP contribution is 2.13. The molecule has 5 nitrogen and oxygen atoms in total. The molecule has 0 saturated heterocycles. The maximum Gasteiger partial charge on any atom is 0.282 e. The summed E-state index contributed by atoms with van der Waals surface area (Å²) in [5, 5.41) is 0. The Balaban J connectivity index is 2.72. The molecular formula is C16H29N3O2S. The number of hydrogen-bond acceptors (Lipinski definition) is 3. The maximum atomic E-state index is 12.7. The SMILES string of the molecule is CCN(Cc1ccccc1)S(=O)(=O)N(C)CCC(N)C(C)C. The predicted molar refractivity (Wildman–Crippen MR) is 91.5 cm³/mol. The highest BCUT2D eigenvalue weighted by Gasteiger charge is 2.26. The molecule has 22 heavy (non-hydrogen) atoms. The molecule has 0 fully saturated rings. The molecule has 6 heteroatoms. The van der Waals surface area contributed by atoms with Gasteiger partial charge >= 0.3 is 0 Å². The van der Waals surface area contributed by atoms with E-state index in [1.54, 1.807) is 7.05 Å². The normalized spacial score (nSPS) is 14.0. The van der Waals surface area contributed by atoms with E-state index in [0.29, 0.717) is 32.0 Å². The first-order valence-corrected chi connectivity index (χ1v) is 9.19. The van der Waals surface area contributed by atoms with Gasteiger partial charge in [0.15, 0.2) is 0 Å². The number of rotatable bonds is 9. The van der Waals surface area contributed by atoms with Crippen molar-refractivity contribution >= 4 is 10.2 Å². The van der Waals surface area contributed by atoms with Crippen LogP contribution in [0.15, 0.2) is 30.3 Å². The Morgan fingerprint density at radius 3 is 2.27 bits per heavy atom. The van der Waals surface area contributed by atoms with Crippen LogP contribution in [0.3, 0.4) is 0 Å². The van der Waals surface area contributed by atoms with E-state index in [1.807, 2.05) is 51.1 Å². The molecule has 1 unspecified atom stereocenters. The van der Waals surface area contributed by atoms with Crippen LogP contribution >= 0.6 is 0 Å². The van der Waals surface area contributed by atoms with Crippen LogP contribution < -0.4 is 5.73 Å². The summed E-state index contributed by atoms with van der Waals surface area (Å²) < 4.78 is 28.2. The van der Waals surface area contributed by atoms with Crippen LogP contribution in [0.1, 0.15) is 32.8 Å². The molecule has 0 aliphatic heterocycles. The van der Waals surface area contributed by atoms with Crippen molar-refractivity contribution < 1.29 is 8.42 Å². The molecule has 0 radical (unpaired) electrons. The van der Waals surface area contributed by atoms with Crippen molar-refractivity contribution in [3.05, 3.63) is 35.9 Å². The molecular weight excluding hydrogens is 298 g/mol. The lowest BCUT2D eigenvalue weighted by Crippen LogP contribution is -2.43. The Bertz CT molecular complexity index is 532. The van der Waals surface area contributed by atoms with Gasteiger partial charge in [-0.3, -0.25) is 0 Å². The van der Waals surface area contributed by atoms with Crippen LogP contribution in [0.4, 0.5) is 0 Å². The Hall–Kier alpha value is -0.950. The summed E-state index contributed by atoms with van der Waals surface area (Å²) in [6.45, 7) is 7.22. The van der Waals surface area contributed by atoms with Gasteiger partial charge in [-0.1, -0.05) is 51.1 Å².